The van der Waals surface area contributed by atoms with Crippen LogP contribution in [0.4, 0.5) is 32.0 Å². The van der Waals surface area contributed by atoms with E-state index in [-0.39, 0.29) is 11.3 Å². The molecule has 0 saturated heterocycles. The van der Waals surface area contributed by atoms with Crippen molar-refractivity contribution in [2.45, 2.75) is 18.9 Å². The number of nitrogens with one attached hydrogen (secondary N) is 1. The van der Waals surface area contributed by atoms with Gasteiger partial charge in [0, 0.05) is 28.9 Å². The SMILES string of the molecule is O=C(Nc1cccc2c(-c3cnn(CC(F)(F)F)c3)ccnc12)c1ccc(OCC(F)(F)F)cc1. The minimum absolute atomic E-state index is 0.0404. The second-order valence-electron chi connectivity index (χ2n) is 7.48. The Kier molecular flexibility index (Phi) is 6.37. The highest BCUT2D eigenvalue weighted by molar-refractivity contribution is 6.10. The lowest BCUT2D eigenvalue weighted by molar-refractivity contribution is -0.153. The van der Waals surface area contributed by atoms with Crippen LogP contribution in [0.25, 0.3) is 22.0 Å². The average Bonchev–Trinajstić information content (AvgIpc) is 3.24. The molecule has 0 unspecified atom stereocenters. The second-order valence-corrected chi connectivity index (χ2v) is 7.48. The molecule has 0 spiro atoms. The molecule has 1 N–H and O–H groups in total. The second kappa shape index (κ2) is 9.28. The fraction of sp³-hybridized carbons (Fsp3) is 0.174. The van der Waals surface area contributed by atoms with Crippen LogP contribution in [0.1, 0.15) is 10.4 Å². The number of hydrogen-bond acceptors (Lipinski definition) is 4. The minimum atomic E-state index is -4.48. The number of para-hydroxylation sites is 1. The van der Waals surface area contributed by atoms with Crippen LogP contribution in [0.15, 0.2) is 67.1 Å². The van der Waals surface area contributed by atoms with E-state index in [0.717, 1.165) is 4.68 Å². The Hall–Kier alpha value is -4.09. The number of nitrogens with zero attached hydrogens (tertiary/aromatic N) is 3. The van der Waals surface area contributed by atoms with Crippen LogP contribution in [-0.4, -0.2) is 39.6 Å². The summed E-state index contributed by atoms with van der Waals surface area (Å²) in [4.78, 5) is 17.0. The van der Waals surface area contributed by atoms with Crippen molar-refractivity contribution < 1.29 is 35.9 Å². The van der Waals surface area contributed by atoms with Crippen molar-refractivity contribution in [2.24, 2.45) is 0 Å². The number of alkyl halides is 6. The van der Waals surface area contributed by atoms with Gasteiger partial charge in [-0.2, -0.15) is 31.4 Å². The van der Waals surface area contributed by atoms with Gasteiger partial charge in [-0.1, -0.05) is 12.1 Å². The van der Waals surface area contributed by atoms with E-state index in [9.17, 15) is 31.1 Å². The topological polar surface area (TPSA) is 69.0 Å². The van der Waals surface area contributed by atoms with Crippen molar-refractivity contribution in [1.82, 2.24) is 14.8 Å². The molecule has 182 valence electrons. The number of ether oxygens (including phenoxy) is 1. The fourth-order valence-electron chi connectivity index (χ4n) is 3.36. The van der Waals surface area contributed by atoms with Crippen LogP contribution in [-0.2, 0) is 6.54 Å². The first-order chi connectivity index (χ1) is 16.5. The van der Waals surface area contributed by atoms with Gasteiger partial charge in [0.25, 0.3) is 5.91 Å². The summed E-state index contributed by atoms with van der Waals surface area (Å²) >= 11 is 0. The minimum Gasteiger partial charge on any atom is -0.484 e. The number of hydrogen-bond donors (Lipinski definition) is 1. The molecule has 2 aromatic heterocycles. The molecule has 4 aromatic rings. The lowest BCUT2D eigenvalue weighted by Crippen LogP contribution is -2.19. The molecule has 4 rings (SSSR count). The summed E-state index contributed by atoms with van der Waals surface area (Å²) in [5.74, 6) is -0.577. The summed E-state index contributed by atoms with van der Waals surface area (Å²) < 4.78 is 80.2. The molecule has 0 aliphatic carbocycles. The average molecular weight is 494 g/mol. The molecule has 0 atom stereocenters. The van der Waals surface area contributed by atoms with Gasteiger partial charge in [0.2, 0.25) is 0 Å². The van der Waals surface area contributed by atoms with Crippen molar-refractivity contribution in [2.75, 3.05) is 11.9 Å². The normalized spacial score (nSPS) is 12.1. The van der Waals surface area contributed by atoms with E-state index in [1.165, 1.54) is 42.9 Å². The van der Waals surface area contributed by atoms with Crippen LogP contribution in [0, 0.1) is 0 Å². The summed E-state index contributed by atoms with van der Waals surface area (Å²) in [6, 6.07) is 11.7. The number of amides is 1. The Labute approximate surface area is 194 Å². The number of carbonyl (C=O) groups excluding carboxylic acids is 1. The molecule has 2 heterocycles. The maximum Gasteiger partial charge on any atom is 0.422 e. The molecular formula is C23H16F6N4O2. The smallest absolute Gasteiger partial charge is 0.422 e. The molecule has 35 heavy (non-hydrogen) atoms. The highest BCUT2D eigenvalue weighted by atomic mass is 19.4. The molecule has 0 aliphatic heterocycles. The molecule has 6 nitrogen and oxygen atoms in total. The van der Waals surface area contributed by atoms with Crippen molar-refractivity contribution in [3.8, 4) is 16.9 Å². The third-order valence-electron chi connectivity index (χ3n) is 4.82. The maximum absolute atomic E-state index is 12.7. The largest absolute Gasteiger partial charge is 0.484 e. The lowest BCUT2D eigenvalue weighted by Gasteiger charge is -2.11. The first-order valence-electron chi connectivity index (χ1n) is 10.1. The van der Waals surface area contributed by atoms with Crippen LogP contribution in [0.5, 0.6) is 5.75 Å². The van der Waals surface area contributed by atoms with Gasteiger partial charge in [-0.3, -0.25) is 14.5 Å². The van der Waals surface area contributed by atoms with Gasteiger partial charge in [0.05, 0.1) is 17.4 Å². The number of fused-ring (bicyclic) bond motifs is 1. The molecule has 0 bridgehead atoms. The van der Waals surface area contributed by atoms with E-state index in [1.807, 2.05) is 0 Å². The summed E-state index contributed by atoms with van der Waals surface area (Å²) in [6.07, 6.45) is -4.84. The molecule has 0 aliphatic rings. The fourth-order valence-corrected chi connectivity index (χ4v) is 3.36. The number of halogens is 6. The Balaban J connectivity index is 1.55. The van der Waals surface area contributed by atoms with Gasteiger partial charge >= 0.3 is 12.4 Å². The first kappa shape index (κ1) is 24.0. The van der Waals surface area contributed by atoms with Crippen molar-refractivity contribution in [3.63, 3.8) is 0 Å². The molecule has 0 fully saturated rings. The van der Waals surface area contributed by atoms with Crippen molar-refractivity contribution in [3.05, 3.63) is 72.7 Å². The summed E-state index contributed by atoms with van der Waals surface area (Å²) in [6.45, 7) is -2.67. The zero-order chi connectivity index (χ0) is 25.2. The molecule has 0 radical (unpaired) electrons. The standard InChI is InChI=1S/C23H16F6N4O2/c24-22(25,26)12-33-11-15(10-31-33)17-8-9-30-20-18(17)2-1-3-19(20)32-21(34)14-4-6-16(7-5-14)35-13-23(27,28)29/h1-11H,12-13H2,(H,32,34). The van der Waals surface area contributed by atoms with Crippen LogP contribution < -0.4 is 10.1 Å². The maximum atomic E-state index is 12.7. The third-order valence-corrected chi connectivity index (χ3v) is 4.82. The van der Waals surface area contributed by atoms with Crippen molar-refractivity contribution >= 4 is 22.5 Å². The number of benzene rings is 2. The summed E-state index contributed by atoms with van der Waals surface area (Å²) in [5.41, 5.74) is 1.93. The number of aromatic nitrogens is 3. The molecular weight excluding hydrogens is 478 g/mol. The predicted molar refractivity (Wildman–Crippen MR) is 115 cm³/mol. The molecule has 2 aromatic carbocycles. The Bertz CT molecular complexity index is 1350. The number of pyridine rings is 1. The van der Waals surface area contributed by atoms with Gasteiger partial charge < -0.3 is 10.1 Å². The van der Waals surface area contributed by atoms with E-state index in [4.69, 9.17) is 0 Å². The first-order valence-corrected chi connectivity index (χ1v) is 10.1. The van der Waals surface area contributed by atoms with E-state index in [1.54, 1.807) is 24.3 Å². The number of carbonyl (C=O) groups is 1. The molecule has 1 amide bonds. The zero-order valence-corrected chi connectivity index (χ0v) is 17.7. The lowest BCUT2D eigenvalue weighted by atomic mass is 10.0. The third kappa shape index (κ3) is 6.08. The quantitative estimate of drug-likeness (QED) is 0.341. The van der Waals surface area contributed by atoms with Gasteiger partial charge in [-0.25, -0.2) is 0 Å². The summed E-state index contributed by atoms with van der Waals surface area (Å²) in [7, 11) is 0. The van der Waals surface area contributed by atoms with Crippen LogP contribution in [0.3, 0.4) is 0 Å². The van der Waals surface area contributed by atoms with E-state index in [0.29, 0.717) is 27.7 Å². The van der Waals surface area contributed by atoms with Crippen molar-refractivity contribution in [1.29, 1.82) is 0 Å². The van der Waals surface area contributed by atoms with Gasteiger partial charge in [0.1, 0.15) is 12.3 Å². The van der Waals surface area contributed by atoms with Gasteiger partial charge in [0.15, 0.2) is 6.61 Å². The van der Waals surface area contributed by atoms with Crippen LogP contribution in [0.2, 0.25) is 0 Å². The van der Waals surface area contributed by atoms with E-state index in [2.05, 4.69) is 20.1 Å². The van der Waals surface area contributed by atoms with Gasteiger partial charge in [-0.15, -0.1) is 0 Å². The Morgan fingerprint density at radius 1 is 0.971 bits per heavy atom. The Morgan fingerprint density at radius 2 is 1.71 bits per heavy atom. The number of anilines is 1. The highest BCUT2D eigenvalue weighted by Crippen LogP contribution is 2.31. The highest BCUT2D eigenvalue weighted by Gasteiger charge is 2.29. The van der Waals surface area contributed by atoms with E-state index < -0.39 is 31.4 Å². The van der Waals surface area contributed by atoms with Gasteiger partial charge in [-0.05, 0) is 42.0 Å². The van der Waals surface area contributed by atoms with Crippen LogP contribution >= 0.6 is 0 Å². The Morgan fingerprint density at radius 3 is 2.40 bits per heavy atom. The molecule has 12 heteroatoms. The number of rotatable bonds is 6. The molecule has 0 saturated carbocycles. The van der Waals surface area contributed by atoms with E-state index >= 15 is 0 Å². The monoisotopic (exact) mass is 494 g/mol. The predicted octanol–water partition coefficient (Wildman–Crippen LogP) is 5.85. The summed E-state index contributed by atoms with van der Waals surface area (Å²) in [5, 5.41) is 7.04. The zero-order valence-electron chi connectivity index (χ0n) is 17.7.